The molecule has 1 amide bonds. The van der Waals surface area contributed by atoms with Crippen LogP contribution in [-0.4, -0.2) is 48.4 Å². The molecule has 1 aliphatic rings. The van der Waals surface area contributed by atoms with Gasteiger partial charge in [0.15, 0.2) is 0 Å². The van der Waals surface area contributed by atoms with Crippen molar-refractivity contribution in [2.24, 2.45) is 10.2 Å². The van der Waals surface area contributed by atoms with Crippen molar-refractivity contribution >= 4 is 34.6 Å². The first-order valence-corrected chi connectivity index (χ1v) is 9.01. The van der Waals surface area contributed by atoms with E-state index in [1.807, 2.05) is 45.0 Å². The lowest BCUT2D eigenvalue weighted by Gasteiger charge is -2.28. The van der Waals surface area contributed by atoms with E-state index in [-0.39, 0.29) is 12.1 Å². The second-order valence-corrected chi connectivity index (χ2v) is 7.75. The average molecular weight is 410 g/mol. The van der Waals surface area contributed by atoms with Crippen LogP contribution in [0.4, 0.5) is 4.79 Å². The van der Waals surface area contributed by atoms with Crippen LogP contribution < -0.4 is 0 Å². The Morgan fingerprint density at radius 3 is 2.84 bits per heavy atom. The highest BCUT2D eigenvalue weighted by atomic mass is 79.9. The summed E-state index contributed by atoms with van der Waals surface area (Å²) in [5.74, 6) is 0.382. The quantitative estimate of drug-likeness (QED) is 0.424. The minimum absolute atomic E-state index is 0.0444. The molecule has 0 aliphatic carbocycles. The molecule has 1 aromatic rings. The number of amides is 1. The van der Waals surface area contributed by atoms with Crippen molar-refractivity contribution in [2.75, 3.05) is 13.2 Å². The summed E-state index contributed by atoms with van der Waals surface area (Å²) in [7, 11) is 0. The van der Waals surface area contributed by atoms with Gasteiger partial charge in [0, 0.05) is 23.3 Å². The van der Waals surface area contributed by atoms with Gasteiger partial charge in [-0.3, -0.25) is 0 Å². The predicted molar refractivity (Wildman–Crippen MR) is 102 cm³/mol. The number of carbonyl (C=O) groups excluding carboxylic acids is 1. The molecule has 0 spiro atoms. The summed E-state index contributed by atoms with van der Waals surface area (Å²) < 4.78 is 12.3. The van der Waals surface area contributed by atoms with Crippen LogP contribution in [0, 0.1) is 0 Å². The molecule has 0 bridgehead atoms. The molecule has 7 heteroatoms. The molecule has 1 saturated heterocycles. The van der Waals surface area contributed by atoms with E-state index >= 15 is 0 Å². The van der Waals surface area contributed by atoms with E-state index in [1.165, 1.54) is 0 Å². The fraction of sp³-hybridized carbons (Fsp3) is 0.500. The third-order valence-electron chi connectivity index (χ3n) is 3.65. The number of benzene rings is 1. The third-order valence-corrected chi connectivity index (χ3v) is 4.14. The lowest BCUT2D eigenvalue weighted by Crippen LogP contribution is -2.42. The summed E-state index contributed by atoms with van der Waals surface area (Å²) in [6.07, 6.45) is 1.49. The van der Waals surface area contributed by atoms with Crippen LogP contribution >= 0.6 is 15.9 Å². The summed E-state index contributed by atoms with van der Waals surface area (Å²) in [6, 6.07) is 7.55. The van der Waals surface area contributed by atoms with Crippen LogP contribution in [0.1, 0.15) is 39.2 Å². The topological polar surface area (TPSA) is 63.5 Å². The summed E-state index contributed by atoms with van der Waals surface area (Å²) in [4.78, 5) is 14.1. The number of nitrogens with zero attached hydrogens (tertiary/aromatic N) is 3. The molecule has 1 aliphatic heterocycles. The zero-order valence-corrected chi connectivity index (χ0v) is 16.5. The molecule has 6 nitrogen and oxygen atoms in total. The first-order chi connectivity index (χ1) is 11.8. The van der Waals surface area contributed by atoms with Gasteiger partial charge in [0.25, 0.3) is 0 Å². The lowest BCUT2D eigenvalue weighted by molar-refractivity contribution is 0.0183. The maximum Gasteiger partial charge on any atom is 0.410 e. The SMILES string of the molecule is C=N/N=C(\OCC1CCCN1C(=O)OC(C)(C)C)c1cccc(Br)c1. The number of hydrogen-bond donors (Lipinski definition) is 0. The number of carbonyl (C=O) groups is 1. The molecule has 136 valence electrons. The number of ether oxygens (including phenoxy) is 2. The summed E-state index contributed by atoms with van der Waals surface area (Å²) in [5, 5.41) is 7.56. The molecule has 1 fully saturated rings. The standard InChI is InChI=1S/C18H24BrN3O3/c1-18(2,3)25-17(23)22-10-6-9-15(22)12-24-16(21-20-4)13-7-5-8-14(19)11-13/h5,7-8,11,15H,4,6,9-10,12H2,1-3H3/b21-16-. The lowest BCUT2D eigenvalue weighted by atomic mass is 10.2. The van der Waals surface area contributed by atoms with Gasteiger partial charge in [0.1, 0.15) is 12.2 Å². The zero-order chi connectivity index (χ0) is 18.4. The Bertz CT molecular complexity index is 655. The molecule has 0 aromatic heterocycles. The number of halogens is 1. The van der Waals surface area contributed by atoms with Crippen LogP contribution in [-0.2, 0) is 9.47 Å². The molecule has 25 heavy (non-hydrogen) atoms. The van der Waals surface area contributed by atoms with Crippen LogP contribution in [0.15, 0.2) is 38.9 Å². The van der Waals surface area contributed by atoms with E-state index in [2.05, 4.69) is 32.9 Å². The minimum atomic E-state index is -0.513. The van der Waals surface area contributed by atoms with Gasteiger partial charge in [0.05, 0.1) is 6.04 Å². The van der Waals surface area contributed by atoms with E-state index in [9.17, 15) is 4.79 Å². The van der Waals surface area contributed by atoms with E-state index in [0.717, 1.165) is 22.9 Å². The molecule has 1 unspecified atom stereocenters. The Morgan fingerprint density at radius 2 is 2.20 bits per heavy atom. The Balaban J connectivity index is 2.03. The minimum Gasteiger partial charge on any atom is -0.474 e. The van der Waals surface area contributed by atoms with Crippen molar-refractivity contribution in [2.45, 2.75) is 45.3 Å². The Morgan fingerprint density at radius 1 is 1.44 bits per heavy atom. The molecular formula is C18H24BrN3O3. The molecule has 0 saturated carbocycles. The average Bonchev–Trinajstić information content (AvgIpc) is 2.98. The van der Waals surface area contributed by atoms with Gasteiger partial charge in [-0.1, -0.05) is 22.0 Å². The van der Waals surface area contributed by atoms with Crippen molar-refractivity contribution in [1.82, 2.24) is 4.90 Å². The van der Waals surface area contributed by atoms with Gasteiger partial charge >= 0.3 is 6.09 Å². The van der Waals surface area contributed by atoms with E-state index in [4.69, 9.17) is 9.47 Å². The van der Waals surface area contributed by atoms with Gasteiger partial charge in [-0.2, -0.15) is 5.10 Å². The first-order valence-electron chi connectivity index (χ1n) is 8.22. The summed E-state index contributed by atoms with van der Waals surface area (Å²) in [6.45, 7) is 9.99. The van der Waals surface area contributed by atoms with Crippen LogP contribution in [0.5, 0.6) is 0 Å². The van der Waals surface area contributed by atoms with Crippen LogP contribution in [0.2, 0.25) is 0 Å². The molecule has 1 aromatic carbocycles. The number of likely N-dealkylation sites (tertiary alicyclic amines) is 1. The normalized spacial score (nSPS) is 18.2. The van der Waals surface area contributed by atoms with Gasteiger partial charge in [0.2, 0.25) is 5.90 Å². The first kappa shape index (κ1) is 19.4. The van der Waals surface area contributed by atoms with Gasteiger partial charge in [-0.05, 0) is 51.8 Å². The molecule has 0 N–H and O–H groups in total. The summed E-state index contributed by atoms with van der Waals surface area (Å²) >= 11 is 3.43. The molecule has 2 rings (SSSR count). The van der Waals surface area contributed by atoms with E-state index in [1.54, 1.807) is 4.90 Å². The Labute approximate surface area is 157 Å². The fourth-order valence-electron chi connectivity index (χ4n) is 2.60. The number of hydrogen-bond acceptors (Lipinski definition) is 5. The highest BCUT2D eigenvalue weighted by Gasteiger charge is 2.32. The van der Waals surface area contributed by atoms with Crippen molar-refractivity contribution in [3.05, 3.63) is 34.3 Å². The van der Waals surface area contributed by atoms with Crippen molar-refractivity contribution in [3.63, 3.8) is 0 Å². The second kappa shape index (κ2) is 8.47. The molecule has 1 heterocycles. The highest BCUT2D eigenvalue weighted by Crippen LogP contribution is 2.22. The second-order valence-electron chi connectivity index (χ2n) is 6.84. The van der Waals surface area contributed by atoms with Crippen molar-refractivity contribution in [1.29, 1.82) is 0 Å². The van der Waals surface area contributed by atoms with Crippen molar-refractivity contribution in [3.8, 4) is 0 Å². The third kappa shape index (κ3) is 5.85. The highest BCUT2D eigenvalue weighted by molar-refractivity contribution is 9.10. The maximum atomic E-state index is 12.3. The van der Waals surface area contributed by atoms with Gasteiger partial charge < -0.3 is 14.4 Å². The molecule has 0 radical (unpaired) electrons. The van der Waals surface area contributed by atoms with Crippen LogP contribution in [0.3, 0.4) is 0 Å². The largest absolute Gasteiger partial charge is 0.474 e. The summed E-state index contributed by atoms with van der Waals surface area (Å²) in [5.41, 5.74) is 0.282. The van der Waals surface area contributed by atoms with E-state index in [0.29, 0.717) is 19.0 Å². The Kier molecular flexibility index (Phi) is 6.58. The van der Waals surface area contributed by atoms with Crippen LogP contribution in [0.25, 0.3) is 0 Å². The van der Waals surface area contributed by atoms with Gasteiger partial charge in [-0.25, -0.2) is 4.79 Å². The fourth-order valence-corrected chi connectivity index (χ4v) is 3.00. The Hall–Kier alpha value is -1.89. The molecule has 1 atom stereocenters. The monoisotopic (exact) mass is 409 g/mol. The molecular weight excluding hydrogens is 386 g/mol. The maximum absolute atomic E-state index is 12.3. The predicted octanol–water partition coefficient (Wildman–Crippen LogP) is 4.23. The van der Waals surface area contributed by atoms with Crippen molar-refractivity contribution < 1.29 is 14.3 Å². The smallest absolute Gasteiger partial charge is 0.410 e. The zero-order valence-electron chi connectivity index (χ0n) is 14.9. The van der Waals surface area contributed by atoms with Gasteiger partial charge in [-0.15, -0.1) is 5.10 Å². The number of rotatable bonds is 4. The van der Waals surface area contributed by atoms with E-state index < -0.39 is 5.60 Å².